The fourth-order valence-electron chi connectivity index (χ4n) is 7.18. The van der Waals surface area contributed by atoms with E-state index >= 15 is 0 Å². The molecule has 7 rings (SSSR count). The molecule has 0 bridgehead atoms. The Kier molecular flexibility index (Phi) is 14.4. The topological polar surface area (TPSA) is 66.0 Å². The first-order valence-corrected chi connectivity index (χ1v) is 19.8. The van der Waals surface area contributed by atoms with Crippen LogP contribution in [-0.2, 0) is 44.4 Å². The lowest BCUT2D eigenvalue weighted by Gasteiger charge is -2.39. The number of benzene rings is 7. The summed E-state index contributed by atoms with van der Waals surface area (Å²) in [6.07, 6.45) is -1.42. The average molecular weight is 768 g/mol. The molecule has 7 aromatic carbocycles. The first kappa shape index (κ1) is 40.1. The number of hydrogen-bond donors (Lipinski definition) is 1. The predicted octanol–water partition coefficient (Wildman–Crippen LogP) is 10.2. The Balaban J connectivity index is 1.31. The predicted molar refractivity (Wildman–Crippen MR) is 229 cm³/mol. The van der Waals surface area contributed by atoms with Crippen LogP contribution in [0.15, 0.2) is 212 Å². The molecule has 6 heteroatoms. The highest BCUT2D eigenvalue weighted by Crippen LogP contribution is 2.41. The molecule has 3 atom stereocenters. The van der Waals surface area contributed by atoms with Crippen molar-refractivity contribution in [3.05, 3.63) is 251 Å². The van der Waals surface area contributed by atoms with Gasteiger partial charge in [-0.25, -0.2) is 0 Å². The molecule has 0 unspecified atom stereocenters. The fourth-order valence-corrected chi connectivity index (χ4v) is 7.18. The molecule has 0 fully saturated rings. The van der Waals surface area contributed by atoms with Crippen LogP contribution in [0.4, 0.5) is 0 Å². The number of amides is 1. The van der Waals surface area contributed by atoms with Crippen LogP contribution >= 0.6 is 0 Å². The van der Waals surface area contributed by atoms with Crippen LogP contribution in [0.3, 0.4) is 0 Å². The highest BCUT2D eigenvalue weighted by molar-refractivity contribution is 5.94. The van der Waals surface area contributed by atoms with Crippen molar-refractivity contribution in [2.45, 2.75) is 43.7 Å². The maximum absolute atomic E-state index is 14.0. The van der Waals surface area contributed by atoms with Gasteiger partial charge in [0.05, 0.1) is 39.1 Å². The Labute approximate surface area is 342 Å². The maximum atomic E-state index is 14.0. The van der Waals surface area contributed by atoms with Gasteiger partial charge in [-0.3, -0.25) is 4.79 Å². The van der Waals surface area contributed by atoms with E-state index in [9.17, 15) is 4.79 Å². The van der Waals surface area contributed by atoms with Crippen molar-refractivity contribution in [2.75, 3.05) is 13.2 Å². The molecule has 0 saturated carbocycles. The standard InChI is InChI=1S/C52H49NO5/c54-51(44-28-14-4-15-29-44)53-48(39-55-36-41-22-8-1-9-23-41)50(57-38-43-26-12-3-13-27-43)49(56-37-42-24-10-2-11-25-42)40-58-52(45-30-16-5-17-31-45,46-32-18-6-19-33-46)47-34-20-7-21-35-47/h1-35,48-50H,36-40H2,(H,53,54)/t48-,49-,50-/m1/s1. The molecular weight excluding hydrogens is 719 g/mol. The molecule has 1 N–H and O–H groups in total. The highest BCUT2D eigenvalue weighted by Gasteiger charge is 2.41. The van der Waals surface area contributed by atoms with E-state index in [1.165, 1.54) is 0 Å². The van der Waals surface area contributed by atoms with E-state index in [1.54, 1.807) is 12.1 Å². The molecule has 1 amide bonds. The quantitative estimate of drug-likeness (QED) is 0.0783. The van der Waals surface area contributed by atoms with Crippen LogP contribution in [0.1, 0.15) is 43.7 Å². The van der Waals surface area contributed by atoms with Crippen molar-refractivity contribution in [2.24, 2.45) is 0 Å². The van der Waals surface area contributed by atoms with Gasteiger partial charge in [0.2, 0.25) is 0 Å². The van der Waals surface area contributed by atoms with Crippen LogP contribution in [-0.4, -0.2) is 37.4 Å². The number of carbonyl (C=O) groups is 1. The summed E-state index contributed by atoms with van der Waals surface area (Å²) in [6.45, 7) is 1.17. The SMILES string of the molecule is O=C(N[C@H](COCc1ccccc1)[C@@H](OCc1ccccc1)[C@@H](COC(c1ccccc1)(c1ccccc1)c1ccccc1)OCc1ccccc1)c1ccccc1. The zero-order valence-electron chi connectivity index (χ0n) is 32.5. The van der Waals surface area contributed by atoms with E-state index in [2.05, 4.69) is 41.7 Å². The molecule has 0 aliphatic rings. The molecule has 0 aromatic heterocycles. The molecule has 6 nitrogen and oxygen atoms in total. The van der Waals surface area contributed by atoms with Gasteiger partial charge in [-0.15, -0.1) is 0 Å². The fraction of sp³-hybridized carbons (Fsp3) is 0.173. The number of nitrogens with one attached hydrogen (secondary N) is 1. The third-order valence-corrected chi connectivity index (χ3v) is 10.1. The lowest BCUT2D eigenvalue weighted by Crippen LogP contribution is -2.54. The molecule has 7 aromatic rings. The largest absolute Gasteiger partial charge is 0.375 e. The van der Waals surface area contributed by atoms with Crippen LogP contribution in [0.2, 0.25) is 0 Å². The first-order chi connectivity index (χ1) is 28.7. The normalized spacial score (nSPS) is 13.0. The number of ether oxygens (including phenoxy) is 4. The Bertz CT molecular complexity index is 2110. The summed E-state index contributed by atoms with van der Waals surface area (Å²) >= 11 is 0. The number of hydrogen-bond acceptors (Lipinski definition) is 5. The minimum atomic E-state index is -1.02. The monoisotopic (exact) mass is 767 g/mol. The lowest BCUT2D eigenvalue weighted by atomic mass is 9.80. The van der Waals surface area contributed by atoms with E-state index in [0.717, 1.165) is 33.4 Å². The highest BCUT2D eigenvalue weighted by atomic mass is 16.6. The molecule has 0 heterocycles. The molecule has 0 saturated heterocycles. The summed E-state index contributed by atoms with van der Waals surface area (Å²) in [4.78, 5) is 14.0. The minimum Gasteiger partial charge on any atom is -0.375 e. The molecule has 0 aliphatic carbocycles. The number of carbonyl (C=O) groups excluding carboxylic acids is 1. The van der Waals surface area contributed by atoms with Gasteiger partial charge in [0.15, 0.2) is 0 Å². The van der Waals surface area contributed by atoms with E-state index in [0.29, 0.717) is 18.8 Å². The Morgan fingerprint density at radius 1 is 0.448 bits per heavy atom. The van der Waals surface area contributed by atoms with Crippen LogP contribution in [0, 0.1) is 0 Å². The molecule has 0 spiro atoms. The van der Waals surface area contributed by atoms with Gasteiger partial charge in [0, 0.05) is 5.56 Å². The van der Waals surface area contributed by atoms with Crippen LogP contribution in [0.25, 0.3) is 0 Å². The second-order valence-corrected chi connectivity index (χ2v) is 14.1. The van der Waals surface area contributed by atoms with E-state index in [-0.39, 0.29) is 25.7 Å². The van der Waals surface area contributed by atoms with Gasteiger partial charge >= 0.3 is 0 Å². The lowest BCUT2D eigenvalue weighted by molar-refractivity contribution is -0.147. The van der Waals surface area contributed by atoms with Gasteiger partial charge in [0.1, 0.15) is 17.8 Å². The van der Waals surface area contributed by atoms with Gasteiger partial charge in [-0.05, 0) is 45.5 Å². The Hall–Kier alpha value is -6.15. The van der Waals surface area contributed by atoms with Crippen molar-refractivity contribution in [1.82, 2.24) is 5.32 Å². The van der Waals surface area contributed by atoms with Gasteiger partial charge < -0.3 is 24.3 Å². The van der Waals surface area contributed by atoms with Crippen molar-refractivity contribution in [3.8, 4) is 0 Å². The summed E-state index contributed by atoms with van der Waals surface area (Å²) in [5.74, 6) is -0.239. The maximum Gasteiger partial charge on any atom is 0.251 e. The summed E-state index contributed by atoms with van der Waals surface area (Å²) in [5.41, 5.74) is 5.43. The second kappa shape index (κ2) is 20.8. The van der Waals surface area contributed by atoms with Gasteiger partial charge in [-0.2, -0.15) is 0 Å². The van der Waals surface area contributed by atoms with Crippen molar-refractivity contribution in [1.29, 1.82) is 0 Å². The molecule has 58 heavy (non-hydrogen) atoms. The van der Waals surface area contributed by atoms with E-state index in [1.807, 2.05) is 164 Å². The summed E-state index contributed by atoms with van der Waals surface area (Å²) < 4.78 is 27.8. The summed E-state index contributed by atoms with van der Waals surface area (Å²) in [6, 6.07) is 69.5. The zero-order valence-corrected chi connectivity index (χ0v) is 32.5. The van der Waals surface area contributed by atoms with Crippen molar-refractivity contribution in [3.63, 3.8) is 0 Å². The molecular formula is C52H49NO5. The summed E-state index contributed by atoms with van der Waals surface area (Å²) in [5, 5.41) is 3.30. The van der Waals surface area contributed by atoms with Crippen molar-refractivity contribution < 1.29 is 23.7 Å². The van der Waals surface area contributed by atoms with Gasteiger partial charge in [-0.1, -0.05) is 200 Å². The minimum absolute atomic E-state index is 0.0986. The molecule has 292 valence electrons. The average Bonchev–Trinajstić information content (AvgIpc) is 3.30. The third kappa shape index (κ3) is 10.6. The summed E-state index contributed by atoms with van der Waals surface area (Å²) in [7, 11) is 0. The third-order valence-electron chi connectivity index (χ3n) is 10.1. The zero-order chi connectivity index (χ0) is 39.7. The van der Waals surface area contributed by atoms with Crippen molar-refractivity contribution >= 4 is 5.91 Å². The first-order valence-electron chi connectivity index (χ1n) is 19.8. The van der Waals surface area contributed by atoms with Gasteiger partial charge in [0.25, 0.3) is 5.91 Å². The number of rotatable bonds is 20. The van der Waals surface area contributed by atoms with E-state index < -0.39 is 23.9 Å². The Morgan fingerprint density at radius 2 is 0.828 bits per heavy atom. The Morgan fingerprint density at radius 3 is 1.28 bits per heavy atom. The van der Waals surface area contributed by atoms with E-state index in [4.69, 9.17) is 18.9 Å². The molecule has 0 aliphatic heterocycles. The van der Waals surface area contributed by atoms with Crippen LogP contribution in [0.5, 0.6) is 0 Å². The second-order valence-electron chi connectivity index (χ2n) is 14.1. The van der Waals surface area contributed by atoms with Crippen LogP contribution < -0.4 is 5.32 Å². The smallest absolute Gasteiger partial charge is 0.251 e. The molecule has 0 radical (unpaired) electrons.